The maximum Gasteiger partial charge on any atom is 0.341 e. The Balaban J connectivity index is 1.44. The van der Waals surface area contributed by atoms with Gasteiger partial charge in [0.25, 0.3) is 0 Å². The van der Waals surface area contributed by atoms with Crippen LogP contribution in [0.2, 0.25) is 0 Å². The zero-order valence-electron chi connectivity index (χ0n) is 17.8. The Hall–Kier alpha value is -1.88. The van der Waals surface area contributed by atoms with E-state index in [9.17, 15) is 4.79 Å². The molecule has 158 valence electrons. The Morgan fingerprint density at radius 3 is 2.52 bits per heavy atom. The third kappa shape index (κ3) is 5.00. The van der Waals surface area contributed by atoms with Crippen LogP contribution in [-0.4, -0.2) is 43.2 Å². The van der Waals surface area contributed by atoms with E-state index in [0.29, 0.717) is 17.6 Å². The van der Waals surface area contributed by atoms with Crippen LogP contribution in [0.1, 0.15) is 86.6 Å². The molecular weight excluding hydrogens is 362 g/mol. The number of methoxy groups -OCH3 is 1. The molecule has 5 nitrogen and oxygen atoms in total. The van der Waals surface area contributed by atoms with Crippen LogP contribution >= 0.6 is 0 Å². The normalized spacial score (nSPS) is 21.7. The molecular formula is C24H35N3O2. The average Bonchev–Trinajstić information content (AvgIpc) is 2.80. The number of hydrogen-bond donors (Lipinski definition) is 1. The van der Waals surface area contributed by atoms with E-state index in [4.69, 9.17) is 9.72 Å². The molecule has 3 aliphatic rings. The summed E-state index contributed by atoms with van der Waals surface area (Å²) in [6.45, 7) is 1.87. The van der Waals surface area contributed by atoms with Gasteiger partial charge >= 0.3 is 5.97 Å². The van der Waals surface area contributed by atoms with Crippen molar-refractivity contribution in [1.29, 1.82) is 0 Å². The van der Waals surface area contributed by atoms with Gasteiger partial charge in [-0.05, 0) is 68.6 Å². The molecule has 4 rings (SSSR count). The van der Waals surface area contributed by atoms with Crippen molar-refractivity contribution >= 4 is 17.4 Å². The topological polar surface area (TPSA) is 54.5 Å². The number of ether oxygens (including phenoxy) is 1. The van der Waals surface area contributed by atoms with Crippen LogP contribution in [0, 0.1) is 0 Å². The number of esters is 1. The summed E-state index contributed by atoms with van der Waals surface area (Å²) >= 11 is 0. The number of carbonyl (C=O) groups is 1. The molecule has 29 heavy (non-hydrogen) atoms. The summed E-state index contributed by atoms with van der Waals surface area (Å²) in [5.74, 6) is 0.501. The Labute approximate surface area is 174 Å². The molecule has 1 aromatic rings. The number of carbonyl (C=O) groups excluding carboxylic acids is 1. The Morgan fingerprint density at radius 2 is 1.83 bits per heavy atom. The number of piperidine rings is 1. The summed E-state index contributed by atoms with van der Waals surface area (Å²) in [7, 11) is 1.46. The largest absolute Gasteiger partial charge is 0.465 e. The minimum atomic E-state index is -0.284. The van der Waals surface area contributed by atoms with Crippen molar-refractivity contribution in [1.82, 2.24) is 10.3 Å². The van der Waals surface area contributed by atoms with E-state index in [1.807, 2.05) is 12.3 Å². The summed E-state index contributed by atoms with van der Waals surface area (Å²) in [5.41, 5.74) is 2.99. The predicted molar refractivity (Wildman–Crippen MR) is 117 cm³/mol. The SMILES string of the molecule is COC(=O)c1cc(C2=CCCCC2)cnc1N1CCC(NC2CCCCC2)CC1. The zero-order valence-corrected chi connectivity index (χ0v) is 17.8. The van der Waals surface area contributed by atoms with Gasteiger partial charge in [0.2, 0.25) is 0 Å². The van der Waals surface area contributed by atoms with Crippen LogP contribution in [0.5, 0.6) is 0 Å². The molecule has 2 aliphatic carbocycles. The van der Waals surface area contributed by atoms with Gasteiger partial charge in [0.1, 0.15) is 11.4 Å². The quantitative estimate of drug-likeness (QED) is 0.729. The van der Waals surface area contributed by atoms with Gasteiger partial charge in [-0.3, -0.25) is 0 Å². The van der Waals surface area contributed by atoms with Gasteiger partial charge in [-0.25, -0.2) is 9.78 Å². The molecule has 2 heterocycles. The van der Waals surface area contributed by atoms with Crippen LogP contribution in [0.3, 0.4) is 0 Å². The summed E-state index contributed by atoms with van der Waals surface area (Å²) in [4.78, 5) is 19.5. The molecule has 0 bridgehead atoms. The second-order valence-corrected chi connectivity index (χ2v) is 8.82. The smallest absolute Gasteiger partial charge is 0.341 e. The second kappa shape index (κ2) is 9.75. The Bertz CT molecular complexity index is 732. The third-order valence-electron chi connectivity index (χ3n) is 6.80. The predicted octanol–water partition coefficient (Wildman–Crippen LogP) is 4.72. The molecule has 0 radical (unpaired) electrons. The van der Waals surface area contributed by atoms with Crippen molar-refractivity contribution in [2.45, 2.75) is 82.7 Å². The van der Waals surface area contributed by atoms with Crippen molar-refractivity contribution in [3.63, 3.8) is 0 Å². The minimum Gasteiger partial charge on any atom is -0.465 e. The van der Waals surface area contributed by atoms with Gasteiger partial charge in [-0.15, -0.1) is 0 Å². The molecule has 2 fully saturated rings. The zero-order chi connectivity index (χ0) is 20.1. The standard InChI is InChI=1S/C24H35N3O2/c1-29-24(28)22-16-19(18-8-4-2-5-9-18)17-25-23(22)27-14-12-21(13-15-27)26-20-10-6-3-7-11-20/h8,16-17,20-21,26H,2-7,9-15H2,1H3. The van der Waals surface area contributed by atoms with Crippen molar-refractivity contribution in [2.75, 3.05) is 25.1 Å². The van der Waals surface area contributed by atoms with Gasteiger partial charge in [-0.2, -0.15) is 0 Å². The fourth-order valence-corrected chi connectivity index (χ4v) is 5.11. The van der Waals surface area contributed by atoms with Crippen LogP contribution in [0.4, 0.5) is 5.82 Å². The monoisotopic (exact) mass is 397 g/mol. The van der Waals surface area contributed by atoms with Gasteiger partial charge in [0.05, 0.1) is 7.11 Å². The van der Waals surface area contributed by atoms with Crippen LogP contribution in [0.25, 0.3) is 5.57 Å². The van der Waals surface area contributed by atoms with Gasteiger partial charge in [-0.1, -0.05) is 25.3 Å². The van der Waals surface area contributed by atoms with E-state index in [-0.39, 0.29) is 5.97 Å². The molecule has 0 unspecified atom stereocenters. The average molecular weight is 398 g/mol. The molecule has 0 spiro atoms. The number of allylic oxidation sites excluding steroid dienone is 2. The molecule has 0 aromatic carbocycles. The maximum atomic E-state index is 12.5. The first kappa shape index (κ1) is 20.4. The minimum absolute atomic E-state index is 0.284. The van der Waals surface area contributed by atoms with Crippen molar-refractivity contribution in [3.05, 3.63) is 29.5 Å². The Morgan fingerprint density at radius 1 is 1.07 bits per heavy atom. The van der Waals surface area contributed by atoms with Gasteiger partial charge in [0.15, 0.2) is 0 Å². The highest BCUT2D eigenvalue weighted by molar-refractivity contribution is 5.95. The van der Waals surface area contributed by atoms with Gasteiger partial charge < -0.3 is 15.0 Å². The first-order valence-electron chi connectivity index (χ1n) is 11.5. The fourth-order valence-electron chi connectivity index (χ4n) is 5.11. The summed E-state index contributed by atoms with van der Waals surface area (Å²) in [5, 5.41) is 3.88. The molecule has 1 N–H and O–H groups in total. The molecule has 1 aromatic heterocycles. The molecule has 1 saturated heterocycles. The maximum absolute atomic E-state index is 12.5. The van der Waals surface area contributed by atoms with Gasteiger partial charge in [0, 0.05) is 31.4 Å². The first-order chi connectivity index (χ1) is 14.2. The lowest BCUT2D eigenvalue weighted by molar-refractivity contribution is 0.0601. The number of nitrogens with zero attached hydrogens (tertiary/aromatic N) is 2. The van der Waals surface area contributed by atoms with E-state index >= 15 is 0 Å². The number of rotatable bonds is 5. The second-order valence-electron chi connectivity index (χ2n) is 8.82. The number of nitrogens with one attached hydrogen (secondary N) is 1. The van der Waals surface area contributed by atoms with E-state index in [0.717, 1.165) is 50.2 Å². The number of anilines is 1. The highest BCUT2D eigenvalue weighted by Gasteiger charge is 2.26. The van der Waals surface area contributed by atoms with E-state index in [2.05, 4.69) is 16.3 Å². The van der Waals surface area contributed by atoms with E-state index < -0.39 is 0 Å². The number of aromatic nitrogens is 1. The van der Waals surface area contributed by atoms with Crippen molar-refractivity contribution in [2.24, 2.45) is 0 Å². The van der Waals surface area contributed by atoms with Crippen molar-refractivity contribution in [3.8, 4) is 0 Å². The van der Waals surface area contributed by atoms with E-state index in [1.165, 1.54) is 57.6 Å². The number of pyridine rings is 1. The summed E-state index contributed by atoms with van der Waals surface area (Å²) in [6, 6.07) is 3.28. The number of hydrogen-bond acceptors (Lipinski definition) is 5. The van der Waals surface area contributed by atoms with E-state index in [1.54, 1.807) is 0 Å². The third-order valence-corrected chi connectivity index (χ3v) is 6.80. The highest BCUT2D eigenvalue weighted by atomic mass is 16.5. The summed E-state index contributed by atoms with van der Waals surface area (Å²) in [6.07, 6.45) is 17.9. The fraction of sp³-hybridized carbons (Fsp3) is 0.667. The molecule has 1 saturated carbocycles. The molecule has 1 aliphatic heterocycles. The molecule has 5 heteroatoms. The first-order valence-corrected chi connectivity index (χ1v) is 11.5. The molecule has 0 amide bonds. The van der Waals surface area contributed by atoms with Crippen LogP contribution < -0.4 is 10.2 Å². The highest BCUT2D eigenvalue weighted by Crippen LogP contribution is 2.30. The van der Waals surface area contributed by atoms with Crippen LogP contribution in [0.15, 0.2) is 18.3 Å². The molecule has 0 atom stereocenters. The lowest BCUT2D eigenvalue weighted by atomic mass is 9.93. The lowest BCUT2D eigenvalue weighted by Crippen LogP contribution is -2.47. The van der Waals surface area contributed by atoms with Crippen molar-refractivity contribution < 1.29 is 9.53 Å². The van der Waals surface area contributed by atoms with Crippen LogP contribution in [-0.2, 0) is 4.74 Å². The summed E-state index contributed by atoms with van der Waals surface area (Å²) < 4.78 is 5.09. The Kier molecular flexibility index (Phi) is 6.86. The lowest BCUT2D eigenvalue weighted by Gasteiger charge is -2.36.